The van der Waals surface area contributed by atoms with Gasteiger partial charge in [0, 0.05) is 25.9 Å². The van der Waals surface area contributed by atoms with Gasteiger partial charge in [0.15, 0.2) is 0 Å². The second kappa shape index (κ2) is 7.01. The largest absolute Gasteiger partial charge is 0.380 e. The average Bonchev–Trinajstić information content (AvgIpc) is 3.23. The molecule has 2 rings (SSSR count). The molecule has 20 heavy (non-hydrogen) atoms. The Kier molecular flexibility index (Phi) is 5.33. The van der Waals surface area contributed by atoms with Gasteiger partial charge in [-0.05, 0) is 37.8 Å². The zero-order valence-electron chi connectivity index (χ0n) is 11.6. The summed E-state index contributed by atoms with van der Waals surface area (Å²) < 4.78 is 32.3. The van der Waals surface area contributed by atoms with Crippen LogP contribution < -0.4 is 10.0 Å². The van der Waals surface area contributed by atoms with Crippen LogP contribution in [0, 0.1) is 5.92 Å². The maximum atomic E-state index is 12.2. The highest BCUT2D eigenvalue weighted by Crippen LogP contribution is 2.28. The molecule has 0 saturated heterocycles. The van der Waals surface area contributed by atoms with E-state index < -0.39 is 10.0 Å². The molecule has 7 heteroatoms. The predicted octanol–water partition coefficient (Wildman–Crippen LogP) is 1.22. The van der Waals surface area contributed by atoms with Crippen LogP contribution in [0.15, 0.2) is 23.2 Å². The highest BCUT2D eigenvalue weighted by Gasteiger charge is 2.21. The fraction of sp³-hybridized carbons (Fsp3) is 0.615. The molecule has 2 N–H and O–H groups in total. The molecule has 0 spiro atoms. The molecule has 0 atom stereocenters. The normalized spacial score (nSPS) is 15.2. The first kappa shape index (κ1) is 15.2. The number of nitrogens with one attached hydrogen (secondary N) is 2. The van der Waals surface area contributed by atoms with Crippen LogP contribution in [0.25, 0.3) is 0 Å². The lowest BCUT2D eigenvalue weighted by molar-refractivity contribution is 0.129. The molecule has 1 aliphatic carbocycles. The van der Waals surface area contributed by atoms with Crippen LogP contribution in [0.2, 0.25) is 0 Å². The van der Waals surface area contributed by atoms with Gasteiger partial charge >= 0.3 is 0 Å². The van der Waals surface area contributed by atoms with Crippen LogP contribution in [-0.2, 0) is 14.8 Å². The number of hydrogen-bond donors (Lipinski definition) is 2. The third-order valence-electron chi connectivity index (χ3n) is 2.99. The van der Waals surface area contributed by atoms with E-state index in [2.05, 4.69) is 15.0 Å². The molecule has 1 heterocycles. The monoisotopic (exact) mass is 299 g/mol. The Balaban J connectivity index is 1.87. The molecule has 0 bridgehead atoms. The van der Waals surface area contributed by atoms with E-state index in [1.54, 1.807) is 18.3 Å². The van der Waals surface area contributed by atoms with Crippen molar-refractivity contribution in [2.24, 2.45) is 5.92 Å². The van der Waals surface area contributed by atoms with Crippen molar-refractivity contribution in [3.05, 3.63) is 18.3 Å². The summed E-state index contributed by atoms with van der Waals surface area (Å²) in [6.07, 6.45) is 4.02. The number of hydrogen-bond acceptors (Lipinski definition) is 5. The van der Waals surface area contributed by atoms with E-state index in [1.165, 1.54) is 12.8 Å². The van der Waals surface area contributed by atoms with Gasteiger partial charge in [0.05, 0.1) is 6.61 Å². The molecule has 1 aliphatic rings. The predicted molar refractivity (Wildman–Crippen MR) is 77.1 cm³/mol. The van der Waals surface area contributed by atoms with E-state index in [4.69, 9.17) is 4.74 Å². The molecule has 1 aromatic heterocycles. The molecule has 1 fully saturated rings. The third kappa shape index (κ3) is 4.43. The second-order valence-corrected chi connectivity index (χ2v) is 6.53. The van der Waals surface area contributed by atoms with Gasteiger partial charge in [0.25, 0.3) is 0 Å². The SMILES string of the molecule is CCNc1ncccc1S(=O)(=O)NCCOCC1CC1. The molecule has 0 aliphatic heterocycles. The summed E-state index contributed by atoms with van der Waals surface area (Å²) in [5.41, 5.74) is 0. The van der Waals surface area contributed by atoms with Crippen molar-refractivity contribution in [1.82, 2.24) is 9.71 Å². The summed E-state index contributed by atoms with van der Waals surface area (Å²) >= 11 is 0. The summed E-state index contributed by atoms with van der Waals surface area (Å²) in [4.78, 5) is 4.22. The van der Waals surface area contributed by atoms with Crippen molar-refractivity contribution in [3.63, 3.8) is 0 Å². The topological polar surface area (TPSA) is 80.3 Å². The standard InChI is InChI=1S/C13H21N3O3S/c1-2-14-13-12(4-3-7-15-13)20(17,18)16-8-9-19-10-11-5-6-11/h3-4,7,11,16H,2,5-6,8-10H2,1H3,(H,14,15). The molecule has 0 aromatic carbocycles. The van der Waals surface area contributed by atoms with E-state index >= 15 is 0 Å². The fourth-order valence-electron chi connectivity index (χ4n) is 1.77. The zero-order valence-corrected chi connectivity index (χ0v) is 12.4. The van der Waals surface area contributed by atoms with Gasteiger partial charge in [-0.25, -0.2) is 18.1 Å². The van der Waals surface area contributed by atoms with Crippen LogP contribution in [0.3, 0.4) is 0 Å². The lowest BCUT2D eigenvalue weighted by atomic mass is 10.4. The van der Waals surface area contributed by atoms with E-state index in [-0.39, 0.29) is 11.4 Å². The first-order valence-electron chi connectivity index (χ1n) is 6.90. The average molecular weight is 299 g/mol. The van der Waals surface area contributed by atoms with Gasteiger partial charge in [-0.1, -0.05) is 0 Å². The third-order valence-corrected chi connectivity index (χ3v) is 4.49. The summed E-state index contributed by atoms with van der Waals surface area (Å²) in [6.45, 7) is 3.91. The highest BCUT2D eigenvalue weighted by atomic mass is 32.2. The number of pyridine rings is 1. The van der Waals surface area contributed by atoms with E-state index in [1.807, 2.05) is 6.92 Å². The van der Waals surface area contributed by atoms with Crippen molar-refractivity contribution in [2.45, 2.75) is 24.7 Å². The van der Waals surface area contributed by atoms with Crippen molar-refractivity contribution in [3.8, 4) is 0 Å². The van der Waals surface area contributed by atoms with Gasteiger partial charge < -0.3 is 10.1 Å². The molecule has 0 unspecified atom stereocenters. The van der Waals surface area contributed by atoms with Crippen LogP contribution in [0.4, 0.5) is 5.82 Å². The summed E-state index contributed by atoms with van der Waals surface area (Å²) in [6, 6.07) is 3.15. The molecule has 1 saturated carbocycles. The maximum Gasteiger partial charge on any atom is 0.244 e. The number of sulfonamides is 1. The molecule has 0 amide bonds. The summed E-state index contributed by atoms with van der Waals surface area (Å²) in [5.74, 6) is 1.06. The number of nitrogens with zero attached hydrogens (tertiary/aromatic N) is 1. The Morgan fingerprint density at radius 1 is 1.45 bits per heavy atom. The molecule has 0 radical (unpaired) electrons. The minimum atomic E-state index is -3.55. The Morgan fingerprint density at radius 2 is 2.25 bits per heavy atom. The Bertz CT molecular complexity index is 529. The Morgan fingerprint density at radius 3 is 2.95 bits per heavy atom. The van der Waals surface area contributed by atoms with Crippen molar-refractivity contribution in [2.75, 3.05) is 31.6 Å². The fourth-order valence-corrected chi connectivity index (χ4v) is 2.91. The van der Waals surface area contributed by atoms with E-state index in [0.717, 1.165) is 6.61 Å². The number of ether oxygens (including phenoxy) is 1. The van der Waals surface area contributed by atoms with Crippen LogP contribution in [0.1, 0.15) is 19.8 Å². The van der Waals surface area contributed by atoms with Gasteiger partial charge in [0.1, 0.15) is 10.7 Å². The van der Waals surface area contributed by atoms with Crippen molar-refractivity contribution >= 4 is 15.8 Å². The minimum absolute atomic E-state index is 0.170. The maximum absolute atomic E-state index is 12.2. The van der Waals surface area contributed by atoms with Crippen molar-refractivity contribution < 1.29 is 13.2 Å². The van der Waals surface area contributed by atoms with Gasteiger partial charge in [-0.3, -0.25) is 0 Å². The van der Waals surface area contributed by atoms with Gasteiger partial charge in [-0.15, -0.1) is 0 Å². The lowest BCUT2D eigenvalue weighted by Gasteiger charge is -2.11. The Hall–Kier alpha value is -1.18. The Labute approximate surface area is 120 Å². The van der Waals surface area contributed by atoms with E-state index in [9.17, 15) is 8.42 Å². The minimum Gasteiger partial charge on any atom is -0.380 e. The van der Waals surface area contributed by atoms with Crippen LogP contribution in [0.5, 0.6) is 0 Å². The lowest BCUT2D eigenvalue weighted by Crippen LogP contribution is -2.28. The molecular weight excluding hydrogens is 278 g/mol. The summed E-state index contributed by atoms with van der Waals surface area (Å²) in [7, 11) is -3.55. The van der Waals surface area contributed by atoms with Crippen LogP contribution >= 0.6 is 0 Å². The first-order chi connectivity index (χ1) is 9.63. The number of anilines is 1. The second-order valence-electron chi connectivity index (χ2n) is 4.80. The molecule has 112 valence electrons. The summed E-state index contributed by atoms with van der Waals surface area (Å²) in [5, 5.41) is 2.95. The van der Waals surface area contributed by atoms with E-state index in [0.29, 0.717) is 24.9 Å². The van der Waals surface area contributed by atoms with Crippen molar-refractivity contribution in [1.29, 1.82) is 0 Å². The smallest absolute Gasteiger partial charge is 0.244 e. The zero-order chi connectivity index (χ0) is 14.4. The highest BCUT2D eigenvalue weighted by molar-refractivity contribution is 7.89. The van der Waals surface area contributed by atoms with Gasteiger partial charge in [0.2, 0.25) is 10.0 Å². The molecular formula is C13H21N3O3S. The van der Waals surface area contributed by atoms with Crippen LogP contribution in [-0.4, -0.2) is 39.7 Å². The quantitative estimate of drug-likeness (QED) is 0.670. The number of aromatic nitrogens is 1. The molecule has 1 aromatic rings. The first-order valence-corrected chi connectivity index (χ1v) is 8.38. The number of rotatable bonds is 9. The molecule has 6 nitrogen and oxygen atoms in total. The van der Waals surface area contributed by atoms with Gasteiger partial charge in [-0.2, -0.15) is 0 Å².